The van der Waals surface area contributed by atoms with Gasteiger partial charge in [-0.1, -0.05) is 0 Å². The number of hydrogen-bond donors (Lipinski definition) is 1. The van der Waals surface area contributed by atoms with E-state index in [9.17, 15) is 5.11 Å². The molecule has 0 heterocycles. The Hall–Kier alpha value is -0.821. The molecule has 1 nitrogen and oxygen atoms in total. The molecule has 1 aliphatic carbocycles. The van der Waals surface area contributed by atoms with Crippen LogP contribution in [0.4, 0.5) is 0 Å². The molecule has 15 heavy (non-hydrogen) atoms. The Balaban J connectivity index is 2.08. The maximum absolute atomic E-state index is 9.62. The summed E-state index contributed by atoms with van der Waals surface area (Å²) in [5.41, 5.74) is 0. The van der Waals surface area contributed by atoms with E-state index in [0.29, 0.717) is 15.0 Å². The van der Waals surface area contributed by atoms with Gasteiger partial charge in [0.2, 0.25) is 0 Å². The van der Waals surface area contributed by atoms with E-state index in [1.165, 1.54) is 8.93 Å². The van der Waals surface area contributed by atoms with Gasteiger partial charge in [0.05, 0.1) is 0 Å². The van der Waals surface area contributed by atoms with Crippen LogP contribution >= 0.6 is 0 Å². The van der Waals surface area contributed by atoms with E-state index in [-0.39, 0.29) is 12.0 Å². The molecule has 1 N–H and O–H groups in total. The quantitative estimate of drug-likeness (QED) is 0.820. The second-order valence-corrected chi connectivity index (χ2v) is 6.04. The van der Waals surface area contributed by atoms with Crippen LogP contribution in [0, 0.1) is 5.92 Å². The van der Waals surface area contributed by atoms with Gasteiger partial charge in [0, 0.05) is 0 Å². The molecule has 0 spiro atoms. The summed E-state index contributed by atoms with van der Waals surface area (Å²) in [5.74, 6) is 0.227. The molecule has 0 bridgehead atoms. The molecule has 78 valence electrons. The predicted molar refractivity (Wildman–Crippen MR) is 64.2 cm³/mol. The summed E-state index contributed by atoms with van der Waals surface area (Å²) in [6.07, 6.45) is 6.01. The van der Waals surface area contributed by atoms with E-state index in [4.69, 9.17) is 0 Å². The van der Waals surface area contributed by atoms with E-state index in [0.717, 1.165) is 0 Å². The van der Waals surface area contributed by atoms with Crippen LogP contribution in [-0.4, -0.2) is 26.2 Å². The van der Waals surface area contributed by atoms with Crippen LogP contribution in [0.3, 0.4) is 0 Å². The summed E-state index contributed by atoms with van der Waals surface area (Å²) in [7, 11) is 0. The first-order chi connectivity index (χ1) is 7.27. The third kappa shape index (κ3) is 2.60. The molecular formula is C13H14OSe. The Morgan fingerprint density at radius 2 is 2.00 bits per heavy atom. The summed E-state index contributed by atoms with van der Waals surface area (Å²) in [5, 5.41) is 9.62. The van der Waals surface area contributed by atoms with E-state index < -0.39 is 0 Å². The maximum atomic E-state index is 9.62. The average molecular weight is 265 g/mol. The normalized spacial score (nSPS) is 21.5. The van der Waals surface area contributed by atoms with Crippen molar-refractivity contribution in [2.45, 2.75) is 13.0 Å². The van der Waals surface area contributed by atoms with Crippen LogP contribution in [0.5, 0.6) is 0 Å². The molecule has 0 amide bonds. The molecule has 0 saturated heterocycles. The minimum atomic E-state index is -0.277. The third-order valence-corrected chi connectivity index (χ3v) is 4.82. The number of aliphatic hydroxyl groups is 1. The van der Waals surface area contributed by atoms with Gasteiger partial charge in [-0.2, -0.15) is 0 Å². The van der Waals surface area contributed by atoms with Gasteiger partial charge in [-0.05, 0) is 0 Å². The van der Waals surface area contributed by atoms with Gasteiger partial charge in [0.1, 0.15) is 0 Å². The van der Waals surface area contributed by atoms with Crippen molar-refractivity contribution in [3.05, 3.63) is 53.0 Å². The van der Waals surface area contributed by atoms with Crippen molar-refractivity contribution in [2.75, 3.05) is 0 Å². The molecular weight excluding hydrogens is 251 g/mol. The molecule has 2 heteroatoms. The van der Waals surface area contributed by atoms with Crippen LogP contribution in [0.15, 0.2) is 53.0 Å². The number of aliphatic hydroxyl groups excluding tert-OH is 1. The molecule has 2 rings (SSSR count). The number of benzene rings is 1. The molecule has 2 atom stereocenters. The first-order valence-corrected chi connectivity index (χ1v) is 6.78. The topological polar surface area (TPSA) is 20.2 Å². The molecule has 0 saturated carbocycles. The van der Waals surface area contributed by atoms with Gasteiger partial charge in [0.25, 0.3) is 0 Å². The first-order valence-electron chi connectivity index (χ1n) is 5.07. The number of allylic oxidation sites excluding steroid dienone is 2. The van der Waals surface area contributed by atoms with Crippen molar-refractivity contribution < 1.29 is 5.11 Å². The number of rotatable bonds is 3. The summed E-state index contributed by atoms with van der Waals surface area (Å²) >= 11 is 0.340. The molecule has 1 unspecified atom stereocenters. The summed E-state index contributed by atoms with van der Waals surface area (Å²) in [6, 6.07) is 10.5. The second kappa shape index (κ2) is 4.80. The van der Waals surface area contributed by atoms with Crippen molar-refractivity contribution in [2.24, 2.45) is 5.92 Å². The summed E-state index contributed by atoms with van der Waals surface area (Å²) in [6.45, 7) is 1.86. The standard InChI is InChI=1S/C13H14OSe/c1-10(14)12-8-5-9-13(12)15-11-6-3-2-4-7-11/h2-10,12,14H,1H3/t10-,12?/m0/s1. The Labute approximate surface area is 96.7 Å². The van der Waals surface area contributed by atoms with Crippen LogP contribution in [-0.2, 0) is 0 Å². The van der Waals surface area contributed by atoms with E-state index in [1.54, 1.807) is 0 Å². The average Bonchev–Trinajstić information content (AvgIpc) is 2.67. The van der Waals surface area contributed by atoms with Crippen molar-refractivity contribution in [1.29, 1.82) is 0 Å². The van der Waals surface area contributed by atoms with Gasteiger partial charge in [0.15, 0.2) is 0 Å². The van der Waals surface area contributed by atoms with Crippen molar-refractivity contribution in [3.63, 3.8) is 0 Å². The van der Waals surface area contributed by atoms with Gasteiger partial charge >= 0.3 is 96.5 Å². The predicted octanol–water partition coefficient (Wildman–Crippen LogP) is 1.47. The van der Waals surface area contributed by atoms with Crippen LogP contribution in [0.1, 0.15) is 6.92 Å². The van der Waals surface area contributed by atoms with E-state index in [1.807, 2.05) is 13.0 Å². The van der Waals surface area contributed by atoms with Crippen LogP contribution < -0.4 is 4.46 Å². The van der Waals surface area contributed by atoms with Crippen molar-refractivity contribution >= 4 is 19.4 Å². The zero-order valence-electron chi connectivity index (χ0n) is 8.63. The van der Waals surface area contributed by atoms with Gasteiger partial charge < -0.3 is 0 Å². The van der Waals surface area contributed by atoms with Crippen LogP contribution in [0.2, 0.25) is 0 Å². The van der Waals surface area contributed by atoms with E-state index >= 15 is 0 Å². The zero-order chi connectivity index (χ0) is 10.7. The Morgan fingerprint density at radius 1 is 1.27 bits per heavy atom. The summed E-state index contributed by atoms with van der Waals surface area (Å²) in [4.78, 5) is 0. The first kappa shape index (κ1) is 10.7. The zero-order valence-corrected chi connectivity index (χ0v) is 10.3. The number of hydrogen-bond acceptors (Lipinski definition) is 1. The second-order valence-electron chi connectivity index (χ2n) is 3.64. The Morgan fingerprint density at radius 3 is 2.67 bits per heavy atom. The molecule has 0 aromatic heterocycles. The fourth-order valence-electron chi connectivity index (χ4n) is 1.60. The molecule has 1 aliphatic rings. The van der Waals surface area contributed by atoms with Crippen molar-refractivity contribution in [3.8, 4) is 0 Å². The fraction of sp³-hybridized carbons (Fsp3) is 0.231. The third-order valence-electron chi connectivity index (χ3n) is 2.41. The van der Waals surface area contributed by atoms with Crippen molar-refractivity contribution in [1.82, 2.24) is 0 Å². The molecule has 1 aromatic carbocycles. The Bertz CT molecular complexity index is 379. The SMILES string of the molecule is C[C@H](O)C1C=CC=C1[Se]c1ccccc1. The molecule has 1 aromatic rings. The fourth-order valence-corrected chi connectivity index (χ4v) is 3.96. The van der Waals surface area contributed by atoms with Crippen LogP contribution in [0.25, 0.3) is 0 Å². The van der Waals surface area contributed by atoms with Gasteiger partial charge in [-0.25, -0.2) is 0 Å². The van der Waals surface area contributed by atoms with E-state index in [2.05, 4.69) is 42.5 Å². The van der Waals surface area contributed by atoms with Gasteiger partial charge in [-0.3, -0.25) is 0 Å². The monoisotopic (exact) mass is 266 g/mol. The molecule has 0 aliphatic heterocycles. The molecule has 0 fully saturated rings. The minimum absolute atomic E-state index is 0.227. The molecule has 0 radical (unpaired) electrons. The summed E-state index contributed by atoms with van der Waals surface area (Å²) < 4.78 is 2.73. The Kier molecular flexibility index (Phi) is 3.42. The van der Waals surface area contributed by atoms with Gasteiger partial charge in [-0.15, -0.1) is 0 Å².